The van der Waals surface area contributed by atoms with Crippen molar-refractivity contribution in [2.24, 2.45) is 7.05 Å². The molecule has 28 heavy (non-hydrogen) atoms. The first kappa shape index (κ1) is 18.0. The van der Waals surface area contributed by atoms with Crippen LogP contribution in [-0.2, 0) is 11.8 Å². The van der Waals surface area contributed by atoms with Crippen LogP contribution in [0.5, 0.6) is 0 Å². The van der Waals surface area contributed by atoms with Gasteiger partial charge in [-0.1, -0.05) is 60.3 Å². The van der Waals surface area contributed by atoms with Crippen molar-refractivity contribution < 1.29 is 4.79 Å². The third kappa shape index (κ3) is 3.96. The van der Waals surface area contributed by atoms with E-state index >= 15 is 0 Å². The summed E-state index contributed by atoms with van der Waals surface area (Å²) in [6, 6.07) is 21.5. The second kappa shape index (κ2) is 8.10. The average molecular weight is 390 g/mol. The van der Waals surface area contributed by atoms with Gasteiger partial charge in [0.2, 0.25) is 5.91 Å². The Balaban J connectivity index is 1.58. The van der Waals surface area contributed by atoms with E-state index < -0.39 is 0 Å². The van der Waals surface area contributed by atoms with Gasteiger partial charge in [0, 0.05) is 30.6 Å². The smallest absolute Gasteiger partial charge is 0.236 e. The SMILES string of the molecule is Cn1ccc(NC(=O)CSc2nnc(-c3ccccc3)n2-c2ccccc2)n1. The molecule has 0 fully saturated rings. The van der Waals surface area contributed by atoms with E-state index in [1.165, 1.54) is 11.8 Å². The van der Waals surface area contributed by atoms with E-state index in [4.69, 9.17) is 0 Å². The summed E-state index contributed by atoms with van der Waals surface area (Å²) in [5.41, 5.74) is 1.91. The highest BCUT2D eigenvalue weighted by Gasteiger charge is 2.17. The molecule has 7 nitrogen and oxygen atoms in total. The monoisotopic (exact) mass is 390 g/mol. The number of aryl methyl sites for hydroxylation is 1. The van der Waals surface area contributed by atoms with Gasteiger partial charge in [-0.05, 0) is 12.1 Å². The maximum absolute atomic E-state index is 12.3. The minimum absolute atomic E-state index is 0.146. The lowest BCUT2D eigenvalue weighted by Crippen LogP contribution is -2.15. The van der Waals surface area contributed by atoms with Gasteiger partial charge >= 0.3 is 0 Å². The van der Waals surface area contributed by atoms with Crippen LogP contribution in [0.4, 0.5) is 5.82 Å². The minimum Gasteiger partial charge on any atom is -0.308 e. The Bertz CT molecular complexity index is 1070. The Kier molecular flexibility index (Phi) is 5.20. The van der Waals surface area contributed by atoms with E-state index in [0.29, 0.717) is 11.0 Å². The molecular weight excluding hydrogens is 372 g/mol. The van der Waals surface area contributed by atoms with E-state index in [1.807, 2.05) is 65.2 Å². The van der Waals surface area contributed by atoms with Gasteiger partial charge in [-0.3, -0.25) is 14.0 Å². The van der Waals surface area contributed by atoms with Crippen LogP contribution in [0.25, 0.3) is 17.1 Å². The van der Waals surface area contributed by atoms with Crippen molar-refractivity contribution in [1.29, 1.82) is 0 Å². The Morgan fingerprint density at radius 1 is 1.00 bits per heavy atom. The molecule has 0 atom stereocenters. The fourth-order valence-corrected chi connectivity index (χ4v) is 3.49. The summed E-state index contributed by atoms with van der Waals surface area (Å²) in [4.78, 5) is 12.3. The predicted octanol–water partition coefficient (Wildman–Crippen LogP) is 3.40. The summed E-state index contributed by atoms with van der Waals surface area (Å²) in [6.45, 7) is 0. The van der Waals surface area contributed by atoms with Gasteiger partial charge in [0.1, 0.15) is 0 Å². The number of para-hydroxylation sites is 1. The number of rotatable bonds is 6. The first-order valence-electron chi connectivity index (χ1n) is 8.69. The van der Waals surface area contributed by atoms with E-state index in [1.54, 1.807) is 24.0 Å². The number of benzene rings is 2. The zero-order valence-corrected chi connectivity index (χ0v) is 16.0. The molecule has 0 saturated heterocycles. The van der Waals surface area contributed by atoms with Gasteiger partial charge in [-0.15, -0.1) is 10.2 Å². The largest absolute Gasteiger partial charge is 0.308 e. The van der Waals surface area contributed by atoms with Gasteiger partial charge < -0.3 is 5.32 Å². The number of carbonyl (C=O) groups excluding carboxylic acids is 1. The second-order valence-corrected chi connectivity index (χ2v) is 7.00. The fourth-order valence-electron chi connectivity index (χ4n) is 2.74. The molecule has 1 amide bonds. The van der Waals surface area contributed by atoms with Crippen LogP contribution in [0.3, 0.4) is 0 Å². The Hall–Kier alpha value is -3.39. The van der Waals surface area contributed by atoms with Crippen LogP contribution in [0.1, 0.15) is 0 Å². The summed E-state index contributed by atoms with van der Waals surface area (Å²) in [5, 5.41) is 16.3. The first-order chi connectivity index (χ1) is 13.7. The molecule has 0 spiro atoms. The molecule has 2 heterocycles. The highest BCUT2D eigenvalue weighted by molar-refractivity contribution is 7.99. The molecule has 0 aliphatic rings. The fraction of sp³-hybridized carbons (Fsp3) is 0.100. The third-order valence-corrected chi connectivity index (χ3v) is 4.92. The lowest BCUT2D eigenvalue weighted by Gasteiger charge is -2.10. The van der Waals surface area contributed by atoms with Crippen molar-refractivity contribution in [2.45, 2.75) is 5.16 Å². The molecule has 140 valence electrons. The zero-order chi connectivity index (χ0) is 19.3. The molecule has 4 aromatic rings. The zero-order valence-electron chi connectivity index (χ0n) is 15.2. The van der Waals surface area contributed by atoms with Crippen molar-refractivity contribution in [3.05, 3.63) is 72.9 Å². The maximum atomic E-state index is 12.3. The lowest BCUT2D eigenvalue weighted by molar-refractivity contribution is -0.113. The van der Waals surface area contributed by atoms with Crippen LogP contribution in [0, 0.1) is 0 Å². The van der Waals surface area contributed by atoms with E-state index in [2.05, 4.69) is 20.6 Å². The van der Waals surface area contributed by atoms with Crippen LogP contribution >= 0.6 is 11.8 Å². The van der Waals surface area contributed by atoms with Crippen molar-refractivity contribution in [3.8, 4) is 17.1 Å². The van der Waals surface area contributed by atoms with Crippen molar-refractivity contribution in [2.75, 3.05) is 11.1 Å². The molecule has 2 aromatic carbocycles. The van der Waals surface area contributed by atoms with Gasteiger partial charge in [0.05, 0.1) is 5.75 Å². The number of carbonyl (C=O) groups is 1. The van der Waals surface area contributed by atoms with Crippen molar-refractivity contribution in [3.63, 3.8) is 0 Å². The quantitative estimate of drug-likeness (QED) is 0.511. The molecule has 4 rings (SSSR count). The molecule has 2 aromatic heterocycles. The van der Waals surface area contributed by atoms with Gasteiger partial charge in [-0.2, -0.15) is 5.10 Å². The summed E-state index contributed by atoms with van der Waals surface area (Å²) in [7, 11) is 1.80. The Morgan fingerprint density at radius 3 is 2.39 bits per heavy atom. The molecule has 0 radical (unpaired) electrons. The van der Waals surface area contributed by atoms with Crippen molar-refractivity contribution >= 4 is 23.5 Å². The standard InChI is InChI=1S/C20H18N6OS/c1-25-13-12-17(24-25)21-18(27)14-28-20-23-22-19(15-8-4-2-5-9-15)26(20)16-10-6-3-7-11-16/h2-13H,14H2,1H3,(H,21,24,27). The molecule has 0 unspecified atom stereocenters. The number of nitrogens with zero attached hydrogens (tertiary/aromatic N) is 5. The van der Waals surface area contributed by atoms with Crippen LogP contribution in [0.15, 0.2) is 78.1 Å². The number of hydrogen-bond donors (Lipinski definition) is 1. The topological polar surface area (TPSA) is 77.6 Å². The van der Waals surface area contributed by atoms with Gasteiger partial charge in [0.15, 0.2) is 16.8 Å². The second-order valence-electron chi connectivity index (χ2n) is 6.05. The molecule has 8 heteroatoms. The number of hydrogen-bond acceptors (Lipinski definition) is 5. The number of nitrogens with one attached hydrogen (secondary N) is 1. The first-order valence-corrected chi connectivity index (χ1v) is 9.68. The molecule has 1 N–H and O–H groups in total. The molecule has 0 aliphatic carbocycles. The predicted molar refractivity (Wildman–Crippen MR) is 109 cm³/mol. The number of anilines is 1. The summed E-state index contributed by atoms with van der Waals surface area (Å²) >= 11 is 1.33. The number of aromatic nitrogens is 5. The lowest BCUT2D eigenvalue weighted by atomic mass is 10.2. The molecule has 0 saturated carbocycles. The third-order valence-electron chi connectivity index (χ3n) is 3.99. The van der Waals surface area contributed by atoms with E-state index in [0.717, 1.165) is 17.1 Å². The average Bonchev–Trinajstić information content (AvgIpc) is 3.33. The number of thioether (sulfide) groups is 1. The molecular formula is C20H18N6OS. The highest BCUT2D eigenvalue weighted by Crippen LogP contribution is 2.27. The minimum atomic E-state index is -0.146. The van der Waals surface area contributed by atoms with Gasteiger partial charge in [-0.25, -0.2) is 0 Å². The normalized spacial score (nSPS) is 10.8. The highest BCUT2D eigenvalue weighted by atomic mass is 32.2. The maximum Gasteiger partial charge on any atom is 0.236 e. The summed E-state index contributed by atoms with van der Waals surface area (Å²) in [6.07, 6.45) is 1.78. The van der Waals surface area contributed by atoms with E-state index in [-0.39, 0.29) is 11.7 Å². The van der Waals surface area contributed by atoms with Gasteiger partial charge in [0.25, 0.3) is 0 Å². The summed E-state index contributed by atoms with van der Waals surface area (Å²) < 4.78 is 3.61. The van der Waals surface area contributed by atoms with Crippen LogP contribution in [-0.4, -0.2) is 36.2 Å². The number of amides is 1. The van der Waals surface area contributed by atoms with Crippen LogP contribution < -0.4 is 5.32 Å². The Labute approximate surface area is 166 Å². The van der Waals surface area contributed by atoms with Crippen LogP contribution in [0.2, 0.25) is 0 Å². The van der Waals surface area contributed by atoms with E-state index in [9.17, 15) is 4.79 Å². The van der Waals surface area contributed by atoms with Crippen molar-refractivity contribution in [1.82, 2.24) is 24.5 Å². The molecule has 0 bridgehead atoms. The molecule has 0 aliphatic heterocycles. The summed E-state index contributed by atoms with van der Waals surface area (Å²) in [5.74, 6) is 1.32. The Morgan fingerprint density at radius 2 is 1.71 bits per heavy atom.